The van der Waals surface area contributed by atoms with Crippen LogP contribution in [0.4, 0.5) is 3.89 Å². The lowest BCUT2D eigenvalue weighted by Crippen LogP contribution is -2.27. The van der Waals surface area contributed by atoms with Crippen LogP contribution in [-0.2, 0) is 21.6 Å². The van der Waals surface area contributed by atoms with E-state index in [1.54, 1.807) is 5.38 Å². The number of thiophene rings is 1. The summed E-state index contributed by atoms with van der Waals surface area (Å²) in [4.78, 5) is 13.9. The first-order valence-electron chi connectivity index (χ1n) is 6.02. The van der Waals surface area contributed by atoms with E-state index in [4.69, 9.17) is 9.47 Å². The number of rotatable bonds is 3. The highest BCUT2D eigenvalue weighted by Crippen LogP contribution is 2.40. The lowest BCUT2D eigenvalue weighted by molar-refractivity contribution is -0.128. The number of hydrogen-bond acceptors (Lipinski definition) is 6. The number of carbonyl (C=O) groups excluding carboxylic acids is 1. The van der Waals surface area contributed by atoms with Crippen LogP contribution in [0.25, 0.3) is 0 Å². The third-order valence-electron chi connectivity index (χ3n) is 3.28. The van der Waals surface area contributed by atoms with Crippen LogP contribution in [0.1, 0.15) is 11.3 Å². The third kappa shape index (κ3) is 2.47. The molecule has 6 nitrogen and oxygen atoms in total. The molecular weight excluding hydrogens is 309 g/mol. The van der Waals surface area contributed by atoms with Crippen molar-refractivity contribution in [1.82, 2.24) is 4.90 Å². The van der Waals surface area contributed by atoms with Crippen LogP contribution in [0.15, 0.2) is 5.38 Å². The van der Waals surface area contributed by atoms with E-state index in [9.17, 15) is 17.1 Å². The van der Waals surface area contributed by atoms with Crippen LogP contribution >= 0.6 is 11.3 Å². The molecule has 0 saturated carbocycles. The second-order valence-corrected chi connectivity index (χ2v) is 7.21. The molecule has 1 atom stereocenters. The van der Waals surface area contributed by atoms with Crippen LogP contribution in [-0.4, -0.2) is 44.2 Å². The molecule has 0 aromatic carbocycles. The summed E-state index contributed by atoms with van der Waals surface area (Å²) in [6.45, 7) is 1.01. The minimum Gasteiger partial charge on any atom is -0.485 e. The van der Waals surface area contributed by atoms with Crippen LogP contribution in [0.2, 0.25) is 0 Å². The average Bonchev–Trinajstić information content (AvgIpc) is 2.95. The van der Waals surface area contributed by atoms with Gasteiger partial charge in [0.15, 0.2) is 11.5 Å². The molecule has 0 aliphatic carbocycles. The van der Waals surface area contributed by atoms with Gasteiger partial charge in [-0.1, -0.05) is 0 Å². The predicted octanol–water partition coefficient (Wildman–Crippen LogP) is 0.919. The van der Waals surface area contributed by atoms with Gasteiger partial charge in [0.2, 0.25) is 5.91 Å². The largest absolute Gasteiger partial charge is 0.485 e. The molecule has 0 bridgehead atoms. The van der Waals surface area contributed by atoms with Crippen LogP contribution < -0.4 is 9.47 Å². The lowest BCUT2D eigenvalue weighted by Gasteiger charge is -2.19. The molecule has 9 heteroatoms. The van der Waals surface area contributed by atoms with Crippen LogP contribution in [0, 0.1) is 0 Å². The standard InChI is InChI=1S/C11H12FNO5S2/c12-20(15,16)7-3-10(14)13(4-7)5-9-11-8(6-19-9)17-1-2-18-11/h6-7H,1-5H2. The minimum absolute atomic E-state index is 0.120. The molecule has 2 aliphatic rings. The van der Waals surface area contributed by atoms with Crippen LogP contribution in [0.5, 0.6) is 11.5 Å². The van der Waals surface area contributed by atoms with Crippen molar-refractivity contribution in [3.05, 3.63) is 10.3 Å². The van der Waals surface area contributed by atoms with Gasteiger partial charge in [-0.15, -0.1) is 15.2 Å². The van der Waals surface area contributed by atoms with Crippen molar-refractivity contribution in [2.45, 2.75) is 18.2 Å². The summed E-state index contributed by atoms with van der Waals surface area (Å²) in [5, 5.41) is 0.524. The SMILES string of the molecule is O=C1CC(S(=O)(=O)F)CN1Cc1scc2c1OCCO2. The van der Waals surface area contributed by atoms with E-state index in [1.807, 2.05) is 0 Å². The number of halogens is 1. The molecule has 1 fully saturated rings. The minimum atomic E-state index is -4.68. The zero-order valence-electron chi connectivity index (χ0n) is 10.4. The number of nitrogens with zero attached hydrogens (tertiary/aromatic N) is 1. The summed E-state index contributed by atoms with van der Waals surface area (Å²) in [7, 11) is -4.68. The van der Waals surface area contributed by atoms with E-state index in [-0.39, 0.29) is 25.4 Å². The van der Waals surface area contributed by atoms with Gasteiger partial charge in [0.05, 0.1) is 11.4 Å². The highest BCUT2D eigenvalue weighted by molar-refractivity contribution is 7.87. The Morgan fingerprint density at radius 2 is 2.15 bits per heavy atom. The normalized spacial score (nSPS) is 22.4. The molecule has 1 amide bonds. The molecule has 1 unspecified atom stereocenters. The maximum Gasteiger partial charge on any atom is 0.307 e. The van der Waals surface area contributed by atoms with Crippen molar-refractivity contribution < 1.29 is 26.6 Å². The molecule has 0 N–H and O–H groups in total. The van der Waals surface area contributed by atoms with Crippen molar-refractivity contribution in [2.24, 2.45) is 0 Å². The Morgan fingerprint density at radius 3 is 2.85 bits per heavy atom. The first kappa shape index (κ1) is 13.6. The van der Waals surface area contributed by atoms with Gasteiger partial charge in [-0.25, -0.2) is 0 Å². The molecular formula is C11H12FNO5S2. The Morgan fingerprint density at radius 1 is 1.40 bits per heavy atom. The third-order valence-corrected chi connectivity index (χ3v) is 5.33. The highest BCUT2D eigenvalue weighted by Gasteiger charge is 2.39. The summed E-state index contributed by atoms with van der Waals surface area (Å²) in [5.74, 6) is 0.869. The van der Waals surface area contributed by atoms with Crippen molar-refractivity contribution >= 4 is 27.5 Å². The van der Waals surface area contributed by atoms with Crippen molar-refractivity contribution in [3.8, 4) is 11.5 Å². The highest BCUT2D eigenvalue weighted by atomic mass is 32.3. The molecule has 110 valence electrons. The number of likely N-dealkylation sites (tertiary alicyclic amines) is 1. The van der Waals surface area contributed by atoms with E-state index in [0.717, 1.165) is 4.88 Å². The molecule has 20 heavy (non-hydrogen) atoms. The van der Waals surface area contributed by atoms with E-state index >= 15 is 0 Å². The van der Waals surface area contributed by atoms with Gasteiger partial charge in [-0.05, 0) is 0 Å². The number of fused-ring (bicyclic) bond motifs is 1. The topological polar surface area (TPSA) is 72.9 Å². The number of hydrogen-bond donors (Lipinski definition) is 0. The first-order valence-corrected chi connectivity index (χ1v) is 8.35. The molecule has 0 spiro atoms. The second kappa shape index (κ2) is 4.88. The zero-order valence-corrected chi connectivity index (χ0v) is 12.0. The van der Waals surface area contributed by atoms with Gasteiger partial charge in [0.1, 0.15) is 18.5 Å². The average molecular weight is 321 g/mol. The number of ether oxygens (including phenoxy) is 2. The maximum atomic E-state index is 12.9. The van der Waals surface area contributed by atoms with Crippen LogP contribution in [0.3, 0.4) is 0 Å². The van der Waals surface area contributed by atoms with Gasteiger partial charge < -0.3 is 14.4 Å². The van der Waals surface area contributed by atoms with E-state index < -0.39 is 15.5 Å². The molecule has 1 aromatic heterocycles. The van der Waals surface area contributed by atoms with Gasteiger partial charge in [-0.3, -0.25) is 4.79 Å². The van der Waals surface area contributed by atoms with Crippen molar-refractivity contribution in [1.29, 1.82) is 0 Å². The molecule has 1 saturated heterocycles. The maximum absolute atomic E-state index is 12.9. The molecule has 3 rings (SSSR count). The molecule has 3 heterocycles. The summed E-state index contributed by atoms with van der Waals surface area (Å²) < 4.78 is 45.6. The lowest BCUT2D eigenvalue weighted by atomic mass is 10.3. The monoisotopic (exact) mass is 321 g/mol. The Balaban J connectivity index is 1.76. The van der Waals surface area contributed by atoms with E-state index in [1.165, 1.54) is 16.2 Å². The predicted molar refractivity (Wildman–Crippen MR) is 69.2 cm³/mol. The Kier molecular flexibility index (Phi) is 3.33. The Labute approximate surface area is 119 Å². The first-order chi connectivity index (χ1) is 9.45. The molecule has 2 aliphatic heterocycles. The van der Waals surface area contributed by atoms with E-state index in [0.29, 0.717) is 24.7 Å². The second-order valence-electron chi connectivity index (χ2n) is 4.63. The smallest absolute Gasteiger partial charge is 0.307 e. The van der Waals surface area contributed by atoms with Crippen molar-refractivity contribution in [2.75, 3.05) is 19.8 Å². The van der Waals surface area contributed by atoms with Gasteiger partial charge in [0, 0.05) is 18.3 Å². The van der Waals surface area contributed by atoms with Gasteiger partial charge in [0.25, 0.3) is 0 Å². The summed E-state index contributed by atoms with van der Waals surface area (Å²) in [5.41, 5.74) is 0. The molecule has 1 aromatic rings. The fourth-order valence-electron chi connectivity index (χ4n) is 2.28. The molecule has 0 radical (unpaired) electrons. The fraction of sp³-hybridized carbons (Fsp3) is 0.545. The Hall–Kier alpha value is -1.35. The van der Waals surface area contributed by atoms with E-state index in [2.05, 4.69) is 0 Å². The summed E-state index contributed by atoms with van der Waals surface area (Å²) in [6, 6.07) is 0. The summed E-state index contributed by atoms with van der Waals surface area (Å²) in [6.07, 6.45) is -0.302. The summed E-state index contributed by atoms with van der Waals surface area (Å²) >= 11 is 1.38. The van der Waals surface area contributed by atoms with Crippen molar-refractivity contribution in [3.63, 3.8) is 0 Å². The quantitative estimate of drug-likeness (QED) is 0.774. The fourth-order valence-corrected chi connectivity index (χ4v) is 3.90. The number of carbonyl (C=O) groups is 1. The zero-order chi connectivity index (χ0) is 14.3. The number of amides is 1. The van der Waals surface area contributed by atoms with Gasteiger partial charge in [-0.2, -0.15) is 8.42 Å². The Bertz CT molecular complexity index is 641. The van der Waals surface area contributed by atoms with Gasteiger partial charge >= 0.3 is 10.2 Å².